The maximum atomic E-state index is 11.7. The van der Waals surface area contributed by atoms with E-state index in [2.05, 4.69) is 17.0 Å². The van der Waals surface area contributed by atoms with E-state index < -0.39 is 10.0 Å². The van der Waals surface area contributed by atoms with Gasteiger partial charge in [-0.05, 0) is 31.7 Å². The number of benzene rings is 1. The molecule has 0 spiro atoms. The third kappa shape index (κ3) is 5.61. The summed E-state index contributed by atoms with van der Waals surface area (Å²) < 4.78 is 25.6. The predicted molar refractivity (Wildman–Crippen MR) is 79.9 cm³/mol. The molecule has 0 bridgehead atoms. The van der Waals surface area contributed by atoms with Crippen LogP contribution in [0.25, 0.3) is 0 Å². The second-order valence-electron chi connectivity index (χ2n) is 4.58. The van der Waals surface area contributed by atoms with Gasteiger partial charge in [0.15, 0.2) is 0 Å². The largest absolute Gasteiger partial charge is 0.385 e. The van der Waals surface area contributed by atoms with E-state index in [0.717, 1.165) is 18.7 Å². The highest BCUT2D eigenvalue weighted by atomic mass is 32.2. The van der Waals surface area contributed by atoms with E-state index in [9.17, 15) is 8.42 Å². The predicted octanol–water partition coefficient (Wildman–Crippen LogP) is 2.98. The summed E-state index contributed by atoms with van der Waals surface area (Å²) in [6.45, 7) is 3.08. The van der Waals surface area contributed by atoms with Crippen molar-refractivity contribution in [2.75, 3.05) is 18.9 Å². The van der Waals surface area contributed by atoms with Crippen LogP contribution in [0.2, 0.25) is 0 Å². The average molecular weight is 284 g/mol. The van der Waals surface area contributed by atoms with E-state index >= 15 is 0 Å². The van der Waals surface area contributed by atoms with Crippen molar-refractivity contribution in [1.82, 2.24) is 4.72 Å². The van der Waals surface area contributed by atoms with Crippen molar-refractivity contribution < 1.29 is 8.42 Å². The molecule has 0 aliphatic carbocycles. The first-order chi connectivity index (χ1) is 9.10. The number of anilines is 1. The Kier molecular flexibility index (Phi) is 6.87. The first kappa shape index (κ1) is 16.0. The average Bonchev–Trinajstić information content (AvgIpc) is 2.43. The molecule has 108 valence electrons. The number of sulfonamides is 1. The Morgan fingerprint density at radius 2 is 1.84 bits per heavy atom. The first-order valence-corrected chi connectivity index (χ1v) is 8.36. The van der Waals surface area contributed by atoms with Gasteiger partial charge in [0.05, 0.1) is 4.90 Å². The molecule has 0 saturated carbocycles. The summed E-state index contributed by atoms with van der Waals surface area (Å²) in [4.78, 5) is 0.297. The van der Waals surface area contributed by atoms with Gasteiger partial charge in [-0.2, -0.15) is 0 Å². The van der Waals surface area contributed by atoms with Gasteiger partial charge in [0, 0.05) is 12.2 Å². The van der Waals surface area contributed by atoms with Crippen LogP contribution in [0.3, 0.4) is 0 Å². The van der Waals surface area contributed by atoms with Crippen LogP contribution in [0.1, 0.15) is 39.0 Å². The monoisotopic (exact) mass is 284 g/mol. The van der Waals surface area contributed by atoms with Gasteiger partial charge >= 0.3 is 0 Å². The number of hydrogen-bond acceptors (Lipinski definition) is 3. The lowest BCUT2D eigenvalue weighted by Gasteiger charge is -2.08. The maximum absolute atomic E-state index is 11.7. The Morgan fingerprint density at radius 3 is 2.53 bits per heavy atom. The molecule has 5 heteroatoms. The van der Waals surface area contributed by atoms with E-state index in [-0.39, 0.29) is 0 Å². The first-order valence-electron chi connectivity index (χ1n) is 6.87. The van der Waals surface area contributed by atoms with Crippen molar-refractivity contribution >= 4 is 15.7 Å². The standard InChI is InChI=1S/C14H24N2O2S/c1-3-4-5-6-7-11-16-13-9-8-10-14(12-13)19(17,18)15-2/h8-10,12,15-16H,3-7,11H2,1-2H3. The van der Waals surface area contributed by atoms with Crippen molar-refractivity contribution in [1.29, 1.82) is 0 Å². The van der Waals surface area contributed by atoms with Crippen LogP contribution in [0.15, 0.2) is 29.2 Å². The smallest absolute Gasteiger partial charge is 0.240 e. The van der Waals surface area contributed by atoms with Gasteiger partial charge in [-0.15, -0.1) is 0 Å². The number of rotatable bonds is 9. The summed E-state index contributed by atoms with van der Waals surface area (Å²) >= 11 is 0. The lowest BCUT2D eigenvalue weighted by molar-refractivity contribution is 0.588. The molecule has 0 fully saturated rings. The third-order valence-electron chi connectivity index (χ3n) is 3.02. The molecule has 0 radical (unpaired) electrons. The highest BCUT2D eigenvalue weighted by molar-refractivity contribution is 7.89. The van der Waals surface area contributed by atoms with Crippen LogP contribution in [0.4, 0.5) is 5.69 Å². The van der Waals surface area contributed by atoms with E-state index in [4.69, 9.17) is 0 Å². The Labute approximate surface area is 116 Å². The van der Waals surface area contributed by atoms with E-state index in [1.54, 1.807) is 18.2 Å². The van der Waals surface area contributed by atoms with Gasteiger partial charge in [0.25, 0.3) is 0 Å². The van der Waals surface area contributed by atoms with E-state index in [1.807, 2.05) is 6.07 Å². The third-order valence-corrected chi connectivity index (χ3v) is 4.43. The molecule has 0 atom stereocenters. The molecule has 1 aromatic carbocycles. The van der Waals surface area contributed by atoms with Gasteiger partial charge < -0.3 is 5.32 Å². The molecule has 0 aromatic heterocycles. The van der Waals surface area contributed by atoms with Gasteiger partial charge in [0.2, 0.25) is 10.0 Å². The summed E-state index contributed by atoms with van der Waals surface area (Å²) in [5.74, 6) is 0. The van der Waals surface area contributed by atoms with Crippen molar-refractivity contribution in [3.05, 3.63) is 24.3 Å². The number of unbranched alkanes of at least 4 members (excludes halogenated alkanes) is 4. The normalized spacial score (nSPS) is 11.5. The quantitative estimate of drug-likeness (QED) is 0.685. The fourth-order valence-corrected chi connectivity index (χ4v) is 2.63. The second-order valence-corrected chi connectivity index (χ2v) is 6.46. The summed E-state index contributed by atoms with van der Waals surface area (Å²) in [7, 11) is -1.93. The molecule has 1 aromatic rings. The molecule has 0 amide bonds. The molecular formula is C14H24N2O2S. The minimum atomic E-state index is -3.35. The molecule has 0 heterocycles. The molecule has 0 saturated heterocycles. The Morgan fingerprint density at radius 1 is 1.11 bits per heavy atom. The highest BCUT2D eigenvalue weighted by Gasteiger charge is 2.10. The van der Waals surface area contributed by atoms with Crippen LogP contribution in [0, 0.1) is 0 Å². The minimum Gasteiger partial charge on any atom is -0.385 e. The van der Waals surface area contributed by atoms with Crippen LogP contribution < -0.4 is 10.0 Å². The fraction of sp³-hybridized carbons (Fsp3) is 0.571. The van der Waals surface area contributed by atoms with Gasteiger partial charge in [-0.1, -0.05) is 38.7 Å². The van der Waals surface area contributed by atoms with E-state index in [0.29, 0.717) is 4.90 Å². The molecule has 0 aliphatic heterocycles. The van der Waals surface area contributed by atoms with Gasteiger partial charge in [-0.25, -0.2) is 13.1 Å². The maximum Gasteiger partial charge on any atom is 0.240 e. The van der Waals surface area contributed by atoms with Crippen LogP contribution >= 0.6 is 0 Å². The SMILES string of the molecule is CCCCCCCNc1cccc(S(=O)(=O)NC)c1. The van der Waals surface area contributed by atoms with Crippen molar-refractivity contribution in [2.45, 2.75) is 43.9 Å². The Balaban J connectivity index is 2.45. The molecule has 19 heavy (non-hydrogen) atoms. The number of nitrogens with one attached hydrogen (secondary N) is 2. The topological polar surface area (TPSA) is 58.2 Å². The zero-order chi connectivity index (χ0) is 14.1. The summed E-state index contributed by atoms with van der Waals surface area (Å²) in [5.41, 5.74) is 0.854. The second kappa shape index (κ2) is 8.17. The molecular weight excluding hydrogens is 260 g/mol. The van der Waals surface area contributed by atoms with Crippen LogP contribution in [-0.4, -0.2) is 22.0 Å². The summed E-state index contributed by atoms with van der Waals surface area (Å²) in [6, 6.07) is 6.90. The fourth-order valence-electron chi connectivity index (χ4n) is 1.85. The molecule has 0 unspecified atom stereocenters. The molecule has 1 rings (SSSR count). The highest BCUT2D eigenvalue weighted by Crippen LogP contribution is 2.15. The Bertz CT molecular complexity index is 472. The van der Waals surface area contributed by atoms with Crippen LogP contribution in [0.5, 0.6) is 0 Å². The molecule has 4 nitrogen and oxygen atoms in total. The molecule has 2 N–H and O–H groups in total. The van der Waals surface area contributed by atoms with E-state index in [1.165, 1.54) is 32.7 Å². The van der Waals surface area contributed by atoms with Gasteiger partial charge in [0.1, 0.15) is 0 Å². The Hall–Kier alpha value is -1.07. The van der Waals surface area contributed by atoms with Crippen molar-refractivity contribution in [3.8, 4) is 0 Å². The molecule has 0 aliphatic rings. The minimum absolute atomic E-state index is 0.297. The zero-order valence-corrected chi connectivity index (χ0v) is 12.6. The lowest BCUT2D eigenvalue weighted by Crippen LogP contribution is -2.18. The zero-order valence-electron chi connectivity index (χ0n) is 11.8. The summed E-state index contributed by atoms with van der Waals surface area (Å²) in [6.07, 6.45) is 6.14. The van der Waals surface area contributed by atoms with Crippen molar-refractivity contribution in [2.24, 2.45) is 0 Å². The lowest BCUT2D eigenvalue weighted by atomic mass is 10.1. The summed E-state index contributed by atoms with van der Waals surface area (Å²) in [5, 5.41) is 3.27. The van der Waals surface area contributed by atoms with Crippen LogP contribution in [-0.2, 0) is 10.0 Å². The van der Waals surface area contributed by atoms with Gasteiger partial charge in [-0.3, -0.25) is 0 Å². The van der Waals surface area contributed by atoms with Crippen molar-refractivity contribution in [3.63, 3.8) is 0 Å². The number of hydrogen-bond donors (Lipinski definition) is 2.